The van der Waals surface area contributed by atoms with Gasteiger partial charge in [0.25, 0.3) is 11.8 Å². The van der Waals surface area contributed by atoms with E-state index in [1.165, 1.54) is 0 Å². The minimum Gasteiger partial charge on any atom is -0.497 e. The highest BCUT2D eigenvalue weighted by Crippen LogP contribution is 2.24. The minimum atomic E-state index is -0.310. The molecule has 128 valence electrons. The molecule has 0 saturated carbocycles. The molecule has 3 rings (SSSR count). The molecule has 0 aliphatic rings. The number of rotatable bonds is 6. The molecule has 0 spiro atoms. The summed E-state index contributed by atoms with van der Waals surface area (Å²) in [6, 6.07) is 16.5. The molecule has 1 heterocycles. The normalized spacial score (nSPS) is 10.3. The van der Waals surface area contributed by atoms with Crippen LogP contribution in [0.3, 0.4) is 0 Å². The molecule has 1 aromatic heterocycles. The van der Waals surface area contributed by atoms with Crippen molar-refractivity contribution in [2.24, 2.45) is 0 Å². The van der Waals surface area contributed by atoms with Gasteiger partial charge in [-0.25, -0.2) is 4.68 Å². The maximum atomic E-state index is 12.0. The Hall–Kier alpha value is -2.99. The zero-order valence-electron chi connectivity index (χ0n) is 13.5. The van der Waals surface area contributed by atoms with Crippen molar-refractivity contribution in [3.05, 3.63) is 65.8 Å². The fourth-order valence-corrected chi connectivity index (χ4v) is 2.34. The number of methoxy groups -OCH3 is 1. The number of ether oxygens (including phenoxy) is 2. The van der Waals surface area contributed by atoms with Crippen molar-refractivity contribution < 1.29 is 14.3 Å². The summed E-state index contributed by atoms with van der Waals surface area (Å²) in [4.78, 5) is 12.0. The first-order chi connectivity index (χ1) is 12.2. The third kappa shape index (κ3) is 4.30. The van der Waals surface area contributed by atoms with Gasteiger partial charge in [-0.1, -0.05) is 29.8 Å². The van der Waals surface area contributed by atoms with Gasteiger partial charge < -0.3 is 14.8 Å². The van der Waals surface area contributed by atoms with Crippen LogP contribution in [0.25, 0.3) is 5.69 Å². The number of amides is 1. The smallest absolute Gasteiger partial charge is 0.262 e. The van der Waals surface area contributed by atoms with Crippen LogP contribution < -0.4 is 14.8 Å². The Morgan fingerprint density at radius 2 is 1.88 bits per heavy atom. The van der Waals surface area contributed by atoms with Crippen molar-refractivity contribution >= 4 is 23.2 Å². The highest BCUT2D eigenvalue weighted by atomic mass is 35.5. The van der Waals surface area contributed by atoms with Crippen LogP contribution in [0, 0.1) is 0 Å². The third-order valence-electron chi connectivity index (χ3n) is 3.37. The number of hydrogen-bond acceptors (Lipinski definition) is 4. The van der Waals surface area contributed by atoms with Crippen molar-refractivity contribution in [2.45, 2.75) is 0 Å². The largest absolute Gasteiger partial charge is 0.497 e. The van der Waals surface area contributed by atoms with Gasteiger partial charge in [0, 0.05) is 5.69 Å². The van der Waals surface area contributed by atoms with E-state index in [9.17, 15) is 4.79 Å². The molecule has 0 unspecified atom stereocenters. The van der Waals surface area contributed by atoms with Crippen LogP contribution in [0.2, 0.25) is 5.02 Å². The molecule has 0 saturated heterocycles. The van der Waals surface area contributed by atoms with E-state index in [4.69, 9.17) is 21.1 Å². The lowest BCUT2D eigenvalue weighted by molar-refractivity contribution is -0.118. The van der Waals surface area contributed by atoms with Gasteiger partial charge in [-0.05, 0) is 36.4 Å². The molecule has 1 N–H and O–H groups in total. The van der Waals surface area contributed by atoms with Crippen molar-refractivity contribution in [3.8, 4) is 17.3 Å². The number of nitrogens with zero attached hydrogens (tertiary/aromatic N) is 2. The molecule has 3 aromatic rings. The predicted molar refractivity (Wildman–Crippen MR) is 95.7 cm³/mol. The Bertz CT molecular complexity index is 848. The lowest BCUT2D eigenvalue weighted by Gasteiger charge is -2.07. The van der Waals surface area contributed by atoms with E-state index in [2.05, 4.69) is 10.4 Å². The second kappa shape index (κ2) is 7.72. The number of nitrogens with one attached hydrogen (secondary N) is 1. The maximum absolute atomic E-state index is 12.0. The molecular formula is C18H16ClN3O3. The number of carbonyl (C=O) groups is 1. The second-order valence-electron chi connectivity index (χ2n) is 5.13. The summed E-state index contributed by atoms with van der Waals surface area (Å²) in [5.41, 5.74) is 1.50. The Morgan fingerprint density at radius 1 is 1.16 bits per heavy atom. The first-order valence-electron chi connectivity index (χ1n) is 7.53. The summed E-state index contributed by atoms with van der Waals surface area (Å²) >= 11 is 6.12. The summed E-state index contributed by atoms with van der Waals surface area (Å²) in [7, 11) is 1.58. The first kappa shape index (κ1) is 16.9. The van der Waals surface area contributed by atoms with Crippen LogP contribution in [0.5, 0.6) is 11.6 Å². The molecule has 0 aliphatic heterocycles. The first-order valence-corrected chi connectivity index (χ1v) is 7.91. The number of aromatic nitrogens is 2. The fraction of sp³-hybridized carbons (Fsp3) is 0.111. The molecule has 0 fully saturated rings. The van der Waals surface area contributed by atoms with Gasteiger partial charge in [-0.3, -0.25) is 4.79 Å². The molecule has 25 heavy (non-hydrogen) atoms. The van der Waals surface area contributed by atoms with Gasteiger partial charge >= 0.3 is 0 Å². The Labute approximate surface area is 149 Å². The van der Waals surface area contributed by atoms with Gasteiger partial charge in [0.05, 0.1) is 19.0 Å². The number of anilines is 1. The Kier molecular flexibility index (Phi) is 5.20. The molecular weight excluding hydrogens is 342 g/mol. The van der Waals surface area contributed by atoms with Crippen LogP contribution in [-0.2, 0) is 4.79 Å². The van der Waals surface area contributed by atoms with Crippen LogP contribution in [0.1, 0.15) is 0 Å². The molecule has 0 bridgehead atoms. The zero-order valence-corrected chi connectivity index (χ0v) is 14.2. The standard InChI is InChI=1S/C18H16ClN3O3/c1-24-15-9-7-13(8-10-15)20-17(23)12-25-18-16(19)11-22(21-18)14-5-3-2-4-6-14/h2-11H,12H2,1H3,(H,20,23). The van der Waals surface area contributed by atoms with Gasteiger partial charge in [0.2, 0.25) is 0 Å². The maximum Gasteiger partial charge on any atom is 0.262 e. The quantitative estimate of drug-likeness (QED) is 0.732. The lowest BCUT2D eigenvalue weighted by atomic mass is 10.3. The molecule has 0 radical (unpaired) electrons. The van der Waals surface area contributed by atoms with E-state index >= 15 is 0 Å². The molecule has 1 amide bonds. The average Bonchev–Trinajstić information content (AvgIpc) is 3.02. The number of benzene rings is 2. The molecule has 2 aromatic carbocycles. The Morgan fingerprint density at radius 3 is 2.56 bits per heavy atom. The SMILES string of the molecule is COc1ccc(NC(=O)COc2nn(-c3ccccc3)cc2Cl)cc1. The van der Waals surface area contributed by atoms with Gasteiger partial charge in [-0.15, -0.1) is 5.10 Å². The molecule has 0 atom stereocenters. The lowest BCUT2D eigenvalue weighted by Crippen LogP contribution is -2.20. The van der Waals surface area contributed by atoms with E-state index < -0.39 is 0 Å². The van der Waals surface area contributed by atoms with Gasteiger partial charge in [0.15, 0.2) is 6.61 Å². The number of halogens is 1. The molecule has 6 nitrogen and oxygen atoms in total. The van der Waals surface area contributed by atoms with E-state index in [0.717, 1.165) is 5.69 Å². The monoisotopic (exact) mass is 357 g/mol. The topological polar surface area (TPSA) is 65.4 Å². The van der Waals surface area contributed by atoms with Crippen molar-refractivity contribution in [1.29, 1.82) is 0 Å². The summed E-state index contributed by atoms with van der Waals surface area (Å²) < 4.78 is 12.1. The van der Waals surface area contributed by atoms with Gasteiger partial charge in [-0.2, -0.15) is 0 Å². The summed E-state index contributed by atoms with van der Waals surface area (Å²) in [5.74, 6) is 0.610. The van der Waals surface area contributed by atoms with E-state index in [-0.39, 0.29) is 18.4 Å². The zero-order chi connectivity index (χ0) is 17.6. The molecule has 7 heteroatoms. The number of para-hydroxylation sites is 1. The van der Waals surface area contributed by atoms with Gasteiger partial charge in [0.1, 0.15) is 10.8 Å². The van der Waals surface area contributed by atoms with Crippen molar-refractivity contribution in [3.63, 3.8) is 0 Å². The number of carbonyl (C=O) groups excluding carboxylic acids is 1. The van der Waals surface area contributed by atoms with E-state index in [0.29, 0.717) is 16.5 Å². The third-order valence-corrected chi connectivity index (χ3v) is 3.63. The summed E-state index contributed by atoms with van der Waals surface area (Å²) in [5, 5.41) is 7.31. The summed E-state index contributed by atoms with van der Waals surface area (Å²) in [6.45, 7) is -0.197. The molecule has 0 aliphatic carbocycles. The van der Waals surface area contributed by atoms with Crippen molar-refractivity contribution in [1.82, 2.24) is 9.78 Å². The Balaban J connectivity index is 1.59. The highest BCUT2D eigenvalue weighted by molar-refractivity contribution is 6.31. The summed E-state index contributed by atoms with van der Waals surface area (Å²) in [6.07, 6.45) is 1.63. The van der Waals surface area contributed by atoms with Crippen LogP contribution in [0.4, 0.5) is 5.69 Å². The predicted octanol–water partition coefficient (Wildman–Crippen LogP) is 3.55. The van der Waals surface area contributed by atoms with Crippen LogP contribution in [-0.4, -0.2) is 29.4 Å². The van der Waals surface area contributed by atoms with E-state index in [1.54, 1.807) is 42.3 Å². The fourth-order valence-electron chi connectivity index (χ4n) is 2.15. The highest BCUT2D eigenvalue weighted by Gasteiger charge is 2.12. The van der Waals surface area contributed by atoms with Crippen molar-refractivity contribution in [2.75, 3.05) is 19.0 Å². The average molecular weight is 358 g/mol. The van der Waals surface area contributed by atoms with Crippen LogP contribution >= 0.6 is 11.6 Å². The van der Waals surface area contributed by atoms with E-state index in [1.807, 2.05) is 30.3 Å². The minimum absolute atomic E-state index is 0.197. The second-order valence-corrected chi connectivity index (χ2v) is 5.53. The number of hydrogen-bond donors (Lipinski definition) is 1. The van der Waals surface area contributed by atoms with Crippen LogP contribution in [0.15, 0.2) is 60.8 Å².